The molecule has 0 nitrogen and oxygen atoms in total. The van der Waals surface area contributed by atoms with Gasteiger partial charge in [0.2, 0.25) is 0 Å². The maximum Gasteiger partial charge on any atom is 0.0505 e. The summed E-state index contributed by atoms with van der Waals surface area (Å²) in [6.45, 7) is 8.25. The van der Waals surface area contributed by atoms with Crippen molar-refractivity contribution in [2.24, 2.45) is 0 Å². The molecule has 0 amide bonds. The van der Waals surface area contributed by atoms with Crippen LogP contribution in [0.5, 0.6) is 0 Å². The van der Waals surface area contributed by atoms with Crippen LogP contribution in [0.25, 0.3) is 0 Å². The van der Waals surface area contributed by atoms with Crippen molar-refractivity contribution in [1.82, 2.24) is 0 Å². The Morgan fingerprint density at radius 2 is 2.00 bits per heavy atom. The summed E-state index contributed by atoms with van der Waals surface area (Å²) < 4.78 is 0.799. The molecule has 0 rings (SSSR count). The predicted molar refractivity (Wildman–Crippen MR) is 64.1 cm³/mol. The molecule has 0 saturated carbocycles. The Labute approximate surface area is 85.6 Å². The Kier molecular flexibility index (Phi) is 9.88. The molecule has 0 aromatic heterocycles. The summed E-state index contributed by atoms with van der Waals surface area (Å²) >= 11 is 4.13. The van der Waals surface area contributed by atoms with E-state index in [1.165, 1.54) is 25.0 Å². The predicted octanol–water partition coefficient (Wildman–Crippen LogP) is 4.18. The second kappa shape index (κ2) is 9.53. The highest BCUT2D eigenvalue weighted by atomic mass is 32.2. The minimum Gasteiger partial charge on any atom is -0.148 e. The van der Waals surface area contributed by atoms with Crippen LogP contribution in [-0.2, 0) is 0 Å². The van der Waals surface area contributed by atoms with E-state index in [1.807, 2.05) is 17.8 Å². The summed E-state index contributed by atoms with van der Waals surface area (Å²) in [7, 11) is 0. The molecule has 0 fully saturated rings. The largest absolute Gasteiger partial charge is 0.148 e. The fourth-order valence-electron chi connectivity index (χ4n) is 0.875. The monoisotopic (exact) mass is 204 g/mol. The van der Waals surface area contributed by atoms with E-state index in [9.17, 15) is 0 Å². The van der Waals surface area contributed by atoms with Gasteiger partial charge in [0.15, 0.2) is 0 Å². The number of hydrogen-bond donors (Lipinski definition) is 0. The van der Waals surface area contributed by atoms with Crippen molar-refractivity contribution in [3.63, 3.8) is 0 Å². The van der Waals surface area contributed by atoms with Crippen molar-refractivity contribution >= 4 is 23.5 Å². The van der Waals surface area contributed by atoms with Gasteiger partial charge >= 0.3 is 0 Å². The first kappa shape index (κ1) is 12.4. The van der Waals surface area contributed by atoms with Gasteiger partial charge in [-0.3, -0.25) is 0 Å². The van der Waals surface area contributed by atoms with Gasteiger partial charge in [0, 0.05) is 5.75 Å². The molecule has 1 unspecified atom stereocenters. The topological polar surface area (TPSA) is 0 Å². The molecular weight excluding hydrogens is 184 g/mol. The molecule has 0 saturated heterocycles. The van der Waals surface area contributed by atoms with Crippen LogP contribution in [0.2, 0.25) is 0 Å². The van der Waals surface area contributed by atoms with E-state index >= 15 is 0 Å². The summed E-state index contributed by atoms with van der Waals surface area (Å²) in [6.07, 6.45) is 5.92. The van der Waals surface area contributed by atoms with Crippen LogP contribution in [0, 0.1) is 0 Å². The van der Waals surface area contributed by atoms with Crippen LogP contribution in [0.1, 0.15) is 33.1 Å². The molecule has 0 aliphatic carbocycles. The van der Waals surface area contributed by atoms with E-state index in [1.54, 1.807) is 0 Å². The van der Waals surface area contributed by atoms with E-state index in [2.05, 4.69) is 32.2 Å². The van der Waals surface area contributed by atoms with E-state index in [0.717, 1.165) is 10.3 Å². The van der Waals surface area contributed by atoms with Gasteiger partial charge < -0.3 is 0 Å². The molecule has 0 spiro atoms. The highest BCUT2D eigenvalue weighted by Gasteiger charge is 2.06. The van der Waals surface area contributed by atoms with E-state index in [4.69, 9.17) is 0 Å². The fraction of sp³-hybridized carbons (Fsp3) is 0.800. The van der Waals surface area contributed by atoms with Crippen LogP contribution >= 0.6 is 23.5 Å². The standard InChI is InChI=1S/C10H20S2/c1-4-7-10(11-8-5-2)12-9-6-3/h5,10H,2,4,6-9H2,1,3H3. The summed E-state index contributed by atoms with van der Waals surface area (Å²) in [6, 6.07) is 0. The molecule has 0 bridgehead atoms. The Bertz CT molecular complexity index is 102. The summed E-state index contributed by atoms with van der Waals surface area (Å²) in [4.78, 5) is 0. The van der Waals surface area contributed by atoms with Crippen molar-refractivity contribution in [1.29, 1.82) is 0 Å². The Balaban J connectivity index is 3.46. The van der Waals surface area contributed by atoms with Gasteiger partial charge in [-0.2, -0.15) is 0 Å². The average Bonchev–Trinajstić information content (AvgIpc) is 2.10. The van der Waals surface area contributed by atoms with Gasteiger partial charge in [0.05, 0.1) is 4.58 Å². The number of hydrogen-bond acceptors (Lipinski definition) is 2. The van der Waals surface area contributed by atoms with Gasteiger partial charge in [-0.1, -0.05) is 26.3 Å². The third-order valence-electron chi connectivity index (χ3n) is 1.43. The zero-order valence-corrected chi connectivity index (χ0v) is 9.85. The van der Waals surface area contributed by atoms with Gasteiger partial charge in [0.1, 0.15) is 0 Å². The Morgan fingerprint density at radius 1 is 1.25 bits per heavy atom. The quantitative estimate of drug-likeness (QED) is 0.430. The smallest absolute Gasteiger partial charge is 0.0505 e. The Hall–Kier alpha value is 0.440. The summed E-state index contributed by atoms with van der Waals surface area (Å²) in [5.74, 6) is 2.40. The van der Waals surface area contributed by atoms with Crippen molar-refractivity contribution in [2.75, 3.05) is 11.5 Å². The summed E-state index contributed by atoms with van der Waals surface area (Å²) in [5, 5.41) is 0. The molecule has 2 heteroatoms. The van der Waals surface area contributed by atoms with Gasteiger partial charge in [0.25, 0.3) is 0 Å². The second-order valence-electron chi connectivity index (χ2n) is 2.71. The van der Waals surface area contributed by atoms with Gasteiger partial charge in [-0.05, 0) is 18.6 Å². The number of rotatable bonds is 8. The molecule has 72 valence electrons. The van der Waals surface area contributed by atoms with E-state index < -0.39 is 0 Å². The fourth-order valence-corrected chi connectivity index (χ4v) is 3.44. The highest BCUT2D eigenvalue weighted by Crippen LogP contribution is 2.28. The molecule has 1 atom stereocenters. The third-order valence-corrected chi connectivity index (χ3v) is 4.54. The molecule has 0 N–H and O–H groups in total. The molecule has 0 aromatic rings. The molecule has 0 heterocycles. The van der Waals surface area contributed by atoms with Crippen LogP contribution < -0.4 is 0 Å². The SMILES string of the molecule is C=CCSC(CCC)SCCC. The maximum absolute atomic E-state index is 3.74. The van der Waals surface area contributed by atoms with Crippen molar-refractivity contribution in [3.05, 3.63) is 12.7 Å². The van der Waals surface area contributed by atoms with E-state index in [0.29, 0.717) is 0 Å². The van der Waals surface area contributed by atoms with Crippen LogP contribution in [0.4, 0.5) is 0 Å². The van der Waals surface area contributed by atoms with Crippen molar-refractivity contribution in [3.8, 4) is 0 Å². The first-order valence-electron chi connectivity index (χ1n) is 4.69. The lowest BCUT2D eigenvalue weighted by Crippen LogP contribution is -1.98. The Morgan fingerprint density at radius 3 is 2.50 bits per heavy atom. The first-order chi connectivity index (χ1) is 5.85. The van der Waals surface area contributed by atoms with Crippen molar-refractivity contribution in [2.45, 2.75) is 37.7 Å². The zero-order valence-electron chi connectivity index (χ0n) is 8.21. The zero-order chi connectivity index (χ0) is 9.23. The lowest BCUT2D eigenvalue weighted by atomic mass is 10.4. The van der Waals surface area contributed by atoms with E-state index in [-0.39, 0.29) is 0 Å². The van der Waals surface area contributed by atoms with Crippen LogP contribution in [0.15, 0.2) is 12.7 Å². The molecule has 0 aliphatic rings. The third kappa shape index (κ3) is 7.11. The van der Waals surface area contributed by atoms with Crippen LogP contribution in [-0.4, -0.2) is 16.1 Å². The maximum atomic E-state index is 3.74. The minimum atomic E-state index is 0.799. The molecule has 0 aromatic carbocycles. The number of thioether (sulfide) groups is 2. The highest BCUT2D eigenvalue weighted by molar-refractivity contribution is 8.17. The van der Waals surface area contributed by atoms with Crippen LogP contribution in [0.3, 0.4) is 0 Å². The minimum absolute atomic E-state index is 0.799. The summed E-state index contributed by atoms with van der Waals surface area (Å²) in [5.41, 5.74) is 0. The van der Waals surface area contributed by atoms with Gasteiger partial charge in [-0.25, -0.2) is 0 Å². The van der Waals surface area contributed by atoms with Gasteiger partial charge in [-0.15, -0.1) is 30.1 Å². The molecule has 12 heavy (non-hydrogen) atoms. The lowest BCUT2D eigenvalue weighted by molar-refractivity contribution is 0.869. The molecular formula is C10H20S2. The normalized spacial score (nSPS) is 12.8. The average molecular weight is 204 g/mol. The van der Waals surface area contributed by atoms with Crippen molar-refractivity contribution < 1.29 is 0 Å². The molecule has 0 radical (unpaired) electrons. The lowest BCUT2D eigenvalue weighted by Gasteiger charge is -2.13. The second-order valence-corrected chi connectivity index (χ2v) is 5.56. The molecule has 0 aliphatic heterocycles. The first-order valence-corrected chi connectivity index (χ1v) is 6.79.